The van der Waals surface area contributed by atoms with Crippen LogP contribution in [0.1, 0.15) is 45.6 Å². The average Bonchev–Trinajstić information content (AvgIpc) is 2.60. The van der Waals surface area contributed by atoms with Gasteiger partial charge in [0, 0.05) is 12.1 Å². The van der Waals surface area contributed by atoms with Crippen LogP contribution in [0.25, 0.3) is 0 Å². The Bertz CT molecular complexity index is 639. The van der Waals surface area contributed by atoms with Gasteiger partial charge in [0.05, 0.1) is 0 Å². The summed E-state index contributed by atoms with van der Waals surface area (Å²) in [4.78, 5) is 24.1. The van der Waals surface area contributed by atoms with E-state index in [0.29, 0.717) is 6.42 Å². The summed E-state index contributed by atoms with van der Waals surface area (Å²) in [5.74, 6) is 0.0583. The normalized spacial score (nSPS) is 22.4. The molecule has 0 radical (unpaired) electrons. The van der Waals surface area contributed by atoms with Crippen molar-refractivity contribution >= 4 is 12.2 Å². The standard InChI is InChI=1S/C21H30N2O4/c1-5-16-13-17(22-20(25)27-21(2,3)4)11-12-18(16)23-19(24)26-14-15-9-7-6-8-10-15/h5-10,16-18H,1,11-14H2,2-4H3,(H,22,25)(H,23,24)/t16-,17+,18-/m0/s1. The summed E-state index contributed by atoms with van der Waals surface area (Å²) >= 11 is 0. The highest BCUT2D eigenvalue weighted by Gasteiger charge is 2.31. The van der Waals surface area contributed by atoms with Crippen molar-refractivity contribution in [3.63, 3.8) is 0 Å². The molecule has 3 atom stereocenters. The number of ether oxygens (including phenoxy) is 2. The van der Waals surface area contributed by atoms with E-state index >= 15 is 0 Å². The monoisotopic (exact) mass is 374 g/mol. The first-order valence-electron chi connectivity index (χ1n) is 9.36. The molecule has 0 saturated heterocycles. The Morgan fingerprint density at radius 2 is 1.85 bits per heavy atom. The van der Waals surface area contributed by atoms with Crippen molar-refractivity contribution in [1.29, 1.82) is 0 Å². The number of nitrogens with one attached hydrogen (secondary N) is 2. The summed E-state index contributed by atoms with van der Waals surface area (Å²) in [7, 11) is 0. The summed E-state index contributed by atoms with van der Waals surface area (Å²) in [6.45, 7) is 9.61. The Hall–Kier alpha value is -2.50. The van der Waals surface area contributed by atoms with E-state index in [0.717, 1.165) is 18.4 Å². The lowest BCUT2D eigenvalue weighted by Gasteiger charge is -2.35. The molecule has 2 N–H and O–H groups in total. The third-order valence-electron chi connectivity index (χ3n) is 4.44. The highest BCUT2D eigenvalue weighted by Crippen LogP contribution is 2.26. The van der Waals surface area contributed by atoms with Crippen molar-refractivity contribution < 1.29 is 19.1 Å². The second-order valence-corrected chi connectivity index (χ2v) is 7.87. The van der Waals surface area contributed by atoms with Gasteiger partial charge in [0.1, 0.15) is 12.2 Å². The molecule has 1 fully saturated rings. The largest absolute Gasteiger partial charge is 0.445 e. The number of carbonyl (C=O) groups excluding carboxylic acids is 2. The molecule has 0 bridgehead atoms. The Balaban J connectivity index is 1.79. The molecule has 2 amide bonds. The van der Waals surface area contributed by atoms with Crippen molar-refractivity contribution in [2.45, 2.75) is 64.3 Å². The first-order valence-corrected chi connectivity index (χ1v) is 9.36. The van der Waals surface area contributed by atoms with E-state index < -0.39 is 17.8 Å². The maximum Gasteiger partial charge on any atom is 0.407 e. The van der Waals surface area contributed by atoms with Crippen molar-refractivity contribution in [3.05, 3.63) is 48.6 Å². The number of amides is 2. The molecule has 6 nitrogen and oxygen atoms in total. The molecule has 1 aromatic rings. The van der Waals surface area contributed by atoms with E-state index in [1.54, 1.807) is 0 Å². The number of alkyl carbamates (subject to hydrolysis) is 2. The Labute approximate surface area is 161 Å². The molecule has 2 rings (SSSR count). The Morgan fingerprint density at radius 1 is 1.15 bits per heavy atom. The zero-order chi connectivity index (χ0) is 19.9. The van der Waals surface area contributed by atoms with Gasteiger partial charge in [-0.3, -0.25) is 0 Å². The lowest BCUT2D eigenvalue weighted by atomic mass is 9.81. The average molecular weight is 374 g/mol. The van der Waals surface area contributed by atoms with Gasteiger partial charge in [-0.2, -0.15) is 0 Å². The van der Waals surface area contributed by atoms with Gasteiger partial charge >= 0.3 is 12.2 Å². The minimum atomic E-state index is -0.525. The number of benzene rings is 1. The predicted molar refractivity (Wildman–Crippen MR) is 104 cm³/mol. The minimum absolute atomic E-state index is 0.00115. The molecule has 6 heteroatoms. The second-order valence-electron chi connectivity index (χ2n) is 7.87. The van der Waals surface area contributed by atoms with Crippen molar-refractivity contribution in [2.24, 2.45) is 5.92 Å². The summed E-state index contributed by atoms with van der Waals surface area (Å²) in [5.41, 5.74) is 0.418. The van der Waals surface area contributed by atoms with Crippen LogP contribution in [0.15, 0.2) is 43.0 Å². The first-order chi connectivity index (χ1) is 12.8. The first kappa shape index (κ1) is 20.8. The summed E-state index contributed by atoms with van der Waals surface area (Å²) in [6.07, 6.45) is 3.17. The number of hydrogen-bond acceptors (Lipinski definition) is 4. The molecule has 27 heavy (non-hydrogen) atoms. The molecular formula is C21H30N2O4. The molecule has 1 aliphatic carbocycles. The van der Waals surface area contributed by atoms with E-state index in [4.69, 9.17) is 9.47 Å². The molecule has 0 heterocycles. The van der Waals surface area contributed by atoms with Crippen molar-refractivity contribution in [2.75, 3.05) is 0 Å². The second kappa shape index (κ2) is 9.44. The zero-order valence-electron chi connectivity index (χ0n) is 16.4. The number of carbonyl (C=O) groups is 2. The van der Waals surface area contributed by atoms with Gasteiger partial charge in [0.2, 0.25) is 0 Å². The SMILES string of the molecule is C=C[C@H]1C[C@H](NC(=O)OC(C)(C)C)CC[C@@H]1NC(=O)OCc1ccccc1. The van der Waals surface area contributed by atoms with Gasteiger partial charge < -0.3 is 20.1 Å². The molecule has 1 aliphatic rings. The van der Waals surface area contributed by atoms with Gasteiger partial charge in [-0.15, -0.1) is 6.58 Å². The van der Waals surface area contributed by atoms with Crippen LogP contribution in [0.5, 0.6) is 0 Å². The van der Waals surface area contributed by atoms with Gasteiger partial charge in [-0.05, 0) is 51.5 Å². The van der Waals surface area contributed by atoms with Crippen LogP contribution in [0, 0.1) is 5.92 Å². The third-order valence-corrected chi connectivity index (χ3v) is 4.44. The Morgan fingerprint density at radius 3 is 2.48 bits per heavy atom. The van der Waals surface area contributed by atoms with Crippen LogP contribution < -0.4 is 10.6 Å². The fourth-order valence-corrected chi connectivity index (χ4v) is 3.17. The molecular weight excluding hydrogens is 344 g/mol. The van der Waals surface area contributed by atoms with Gasteiger partial charge in [0.25, 0.3) is 0 Å². The quantitative estimate of drug-likeness (QED) is 0.759. The minimum Gasteiger partial charge on any atom is -0.445 e. The zero-order valence-corrected chi connectivity index (χ0v) is 16.4. The fraction of sp³-hybridized carbons (Fsp3) is 0.524. The summed E-state index contributed by atoms with van der Waals surface area (Å²) < 4.78 is 10.6. The Kier molecular flexibility index (Phi) is 7.28. The van der Waals surface area contributed by atoms with E-state index in [2.05, 4.69) is 17.2 Å². The number of hydrogen-bond donors (Lipinski definition) is 2. The highest BCUT2D eigenvalue weighted by atomic mass is 16.6. The number of rotatable bonds is 5. The van der Waals surface area contributed by atoms with Crippen molar-refractivity contribution in [3.8, 4) is 0 Å². The summed E-state index contributed by atoms with van der Waals surface area (Å²) in [6, 6.07) is 9.50. The highest BCUT2D eigenvalue weighted by molar-refractivity contribution is 5.68. The van der Waals surface area contributed by atoms with Gasteiger partial charge in [-0.1, -0.05) is 36.4 Å². The fourth-order valence-electron chi connectivity index (χ4n) is 3.17. The van der Waals surface area contributed by atoms with E-state index in [-0.39, 0.29) is 24.6 Å². The maximum absolute atomic E-state index is 12.1. The van der Waals surface area contributed by atoms with Crippen LogP contribution in [0.4, 0.5) is 9.59 Å². The van der Waals surface area contributed by atoms with Crippen LogP contribution in [-0.4, -0.2) is 29.9 Å². The molecule has 0 aliphatic heterocycles. The maximum atomic E-state index is 12.1. The third kappa shape index (κ3) is 7.33. The molecule has 148 valence electrons. The molecule has 0 unspecified atom stereocenters. The summed E-state index contributed by atoms with van der Waals surface area (Å²) in [5, 5.41) is 5.83. The van der Waals surface area contributed by atoms with Crippen LogP contribution >= 0.6 is 0 Å². The molecule has 0 spiro atoms. The van der Waals surface area contributed by atoms with E-state index in [1.807, 2.05) is 57.2 Å². The van der Waals surface area contributed by atoms with Gasteiger partial charge in [0.15, 0.2) is 0 Å². The van der Waals surface area contributed by atoms with Crippen LogP contribution in [0.2, 0.25) is 0 Å². The molecule has 0 aromatic heterocycles. The van der Waals surface area contributed by atoms with E-state index in [9.17, 15) is 9.59 Å². The van der Waals surface area contributed by atoms with Crippen molar-refractivity contribution in [1.82, 2.24) is 10.6 Å². The predicted octanol–water partition coefficient (Wildman–Crippen LogP) is 4.16. The smallest absolute Gasteiger partial charge is 0.407 e. The van der Waals surface area contributed by atoms with E-state index in [1.165, 1.54) is 0 Å². The van der Waals surface area contributed by atoms with Crippen LogP contribution in [-0.2, 0) is 16.1 Å². The van der Waals surface area contributed by atoms with Crippen LogP contribution in [0.3, 0.4) is 0 Å². The van der Waals surface area contributed by atoms with Gasteiger partial charge in [-0.25, -0.2) is 9.59 Å². The molecule has 1 aromatic carbocycles. The lowest BCUT2D eigenvalue weighted by molar-refractivity contribution is 0.0480. The topological polar surface area (TPSA) is 76.7 Å². The molecule has 1 saturated carbocycles. The lowest BCUT2D eigenvalue weighted by Crippen LogP contribution is -2.49.